The van der Waals surface area contributed by atoms with Crippen LogP contribution < -0.4 is 0 Å². The summed E-state index contributed by atoms with van der Waals surface area (Å²) in [6, 6.07) is 9.38. The van der Waals surface area contributed by atoms with E-state index in [1.165, 1.54) is 18.2 Å². The first kappa shape index (κ1) is 19.6. The van der Waals surface area contributed by atoms with Crippen molar-refractivity contribution in [2.45, 2.75) is 50.6 Å². The van der Waals surface area contributed by atoms with Crippen molar-refractivity contribution in [2.75, 3.05) is 20.3 Å². The molecule has 26 heavy (non-hydrogen) atoms. The quantitative estimate of drug-likeness (QED) is 0.718. The van der Waals surface area contributed by atoms with E-state index >= 15 is 0 Å². The van der Waals surface area contributed by atoms with Gasteiger partial charge in [-0.2, -0.15) is 0 Å². The Hall–Kier alpha value is -1.13. The predicted octanol–water partition coefficient (Wildman–Crippen LogP) is 4.13. The van der Waals surface area contributed by atoms with E-state index in [0.717, 1.165) is 32.2 Å². The number of alkyl halides is 1. The summed E-state index contributed by atoms with van der Waals surface area (Å²) in [5, 5.41) is 0. The molecule has 2 bridgehead atoms. The molecular formula is C21H29ClFNO2. The lowest BCUT2D eigenvalue weighted by atomic mass is 9.75. The molecule has 5 heteroatoms. The maximum atomic E-state index is 12.9. The number of ether oxygens (including phenoxy) is 1. The van der Waals surface area contributed by atoms with Gasteiger partial charge in [0.25, 0.3) is 0 Å². The van der Waals surface area contributed by atoms with Gasteiger partial charge in [0, 0.05) is 24.5 Å². The standard InChI is InChI=1S/C21H28FNO2.ClH/c1-13-3-5-14(6-4-13)18-10-17-7-8-19(20(18)21(24)25-2)23(17)12-16-9-15(16)11-22;/h3-6,15-20H,7-12H2,1-2H3;1H/t15-,16-,17+,18-,19-,20+;/m1./s1. The molecule has 0 N–H and O–H groups in total. The highest BCUT2D eigenvalue weighted by Crippen LogP contribution is 2.50. The van der Waals surface area contributed by atoms with Crippen molar-refractivity contribution in [3.8, 4) is 0 Å². The maximum absolute atomic E-state index is 12.9. The number of halogens is 2. The summed E-state index contributed by atoms with van der Waals surface area (Å²) >= 11 is 0. The van der Waals surface area contributed by atoms with Crippen molar-refractivity contribution >= 4 is 18.4 Å². The first-order chi connectivity index (χ1) is 12.1. The van der Waals surface area contributed by atoms with E-state index in [2.05, 4.69) is 36.1 Å². The monoisotopic (exact) mass is 381 g/mol. The Kier molecular flexibility index (Phi) is 5.93. The highest BCUT2D eigenvalue weighted by Gasteiger charge is 2.52. The molecule has 6 atom stereocenters. The number of nitrogens with zero attached hydrogens (tertiary/aromatic N) is 1. The zero-order valence-corrected chi connectivity index (χ0v) is 16.4. The second-order valence-electron chi connectivity index (χ2n) is 8.21. The third-order valence-electron chi connectivity index (χ3n) is 6.76. The Morgan fingerprint density at radius 2 is 1.92 bits per heavy atom. The molecule has 1 saturated carbocycles. The van der Waals surface area contributed by atoms with E-state index < -0.39 is 0 Å². The van der Waals surface area contributed by atoms with Crippen LogP contribution in [0.1, 0.15) is 42.7 Å². The van der Waals surface area contributed by atoms with Gasteiger partial charge >= 0.3 is 5.97 Å². The number of fused-ring (bicyclic) bond motifs is 2. The number of carbonyl (C=O) groups is 1. The minimum atomic E-state index is -0.194. The summed E-state index contributed by atoms with van der Waals surface area (Å²) < 4.78 is 18.1. The number of hydrogen-bond donors (Lipinski definition) is 0. The molecule has 3 nitrogen and oxygen atoms in total. The fourth-order valence-electron chi connectivity index (χ4n) is 5.21. The molecule has 0 unspecified atom stereocenters. The molecule has 2 saturated heterocycles. The van der Waals surface area contributed by atoms with E-state index in [4.69, 9.17) is 4.74 Å². The minimum absolute atomic E-state index is 0. The number of piperidine rings is 1. The smallest absolute Gasteiger partial charge is 0.310 e. The summed E-state index contributed by atoms with van der Waals surface area (Å²) in [4.78, 5) is 15.2. The molecule has 0 aromatic heterocycles. The van der Waals surface area contributed by atoms with Crippen molar-refractivity contribution in [3.63, 3.8) is 0 Å². The Balaban J connectivity index is 0.00000196. The summed E-state index contributed by atoms with van der Waals surface area (Å²) in [5.41, 5.74) is 2.50. The predicted molar refractivity (Wildman–Crippen MR) is 102 cm³/mol. The number of esters is 1. The Bertz CT molecular complexity index is 637. The number of aryl methyl sites for hydroxylation is 1. The van der Waals surface area contributed by atoms with E-state index in [1.54, 1.807) is 0 Å². The highest BCUT2D eigenvalue weighted by molar-refractivity contribution is 5.85. The van der Waals surface area contributed by atoms with Crippen molar-refractivity contribution in [3.05, 3.63) is 35.4 Å². The van der Waals surface area contributed by atoms with Crippen LogP contribution in [0.2, 0.25) is 0 Å². The van der Waals surface area contributed by atoms with Crippen LogP contribution in [-0.2, 0) is 9.53 Å². The average Bonchev–Trinajstić information content (AvgIpc) is 3.32. The number of hydrogen-bond acceptors (Lipinski definition) is 3. The molecule has 2 heterocycles. The van der Waals surface area contributed by atoms with E-state index in [1.807, 2.05) is 0 Å². The maximum Gasteiger partial charge on any atom is 0.310 e. The zero-order valence-electron chi connectivity index (χ0n) is 15.6. The molecular weight excluding hydrogens is 353 g/mol. The van der Waals surface area contributed by atoms with Gasteiger partial charge in [0.15, 0.2) is 0 Å². The molecule has 3 aliphatic rings. The summed E-state index contributed by atoms with van der Waals surface area (Å²) in [6.07, 6.45) is 4.22. The number of methoxy groups -OCH3 is 1. The van der Waals surface area contributed by atoms with Gasteiger partial charge in [-0.1, -0.05) is 29.8 Å². The molecule has 3 fully saturated rings. The van der Waals surface area contributed by atoms with Crippen LogP contribution in [0.25, 0.3) is 0 Å². The Morgan fingerprint density at radius 3 is 2.54 bits per heavy atom. The van der Waals surface area contributed by atoms with Crippen LogP contribution in [0, 0.1) is 24.7 Å². The fourth-order valence-corrected chi connectivity index (χ4v) is 5.21. The van der Waals surface area contributed by atoms with E-state index in [-0.39, 0.29) is 48.8 Å². The van der Waals surface area contributed by atoms with Crippen LogP contribution in [0.3, 0.4) is 0 Å². The largest absolute Gasteiger partial charge is 0.469 e. The topological polar surface area (TPSA) is 29.5 Å². The molecule has 0 spiro atoms. The van der Waals surface area contributed by atoms with Gasteiger partial charge in [0.05, 0.1) is 19.7 Å². The van der Waals surface area contributed by atoms with Gasteiger partial charge in [-0.25, -0.2) is 0 Å². The number of rotatable bonds is 5. The minimum Gasteiger partial charge on any atom is -0.469 e. The third-order valence-corrected chi connectivity index (χ3v) is 6.76. The normalized spacial score (nSPS) is 35.7. The zero-order chi connectivity index (χ0) is 17.6. The lowest BCUT2D eigenvalue weighted by Crippen LogP contribution is -2.51. The third kappa shape index (κ3) is 3.50. The molecule has 144 valence electrons. The number of benzene rings is 1. The Morgan fingerprint density at radius 1 is 1.19 bits per heavy atom. The highest BCUT2D eigenvalue weighted by atomic mass is 35.5. The molecule has 4 rings (SSSR count). The van der Waals surface area contributed by atoms with Crippen molar-refractivity contribution in [1.29, 1.82) is 0 Å². The summed E-state index contributed by atoms with van der Waals surface area (Å²) in [5.74, 6) is 0.791. The molecule has 0 radical (unpaired) electrons. The Labute approximate surface area is 161 Å². The van der Waals surface area contributed by atoms with Crippen LogP contribution in [0.5, 0.6) is 0 Å². The summed E-state index contributed by atoms with van der Waals surface area (Å²) in [7, 11) is 1.50. The fraction of sp³-hybridized carbons (Fsp3) is 0.667. The van der Waals surface area contributed by atoms with Crippen LogP contribution in [0.15, 0.2) is 24.3 Å². The lowest BCUT2D eigenvalue weighted by Gasteiger charge is -2.44. The van der Waals surface area contributed by atoms with Gasteiger partial charge in [-0.15, -0.1) is 12.4 Å². The average molecular weight is 382 g/mol. The molecule has 1 aromatic carbocycles. The second kappa shape index (κ2) is 7.85. The van der Waals surface area contributed by atoms with Gasteiger partial charge in [-0.05, 0) is 50.0 Å². The van der Waals surface area contributed by atoms with E-state index in [9.17, 15) is 9.18 Å². The summed E-state index contributed by atoms with van der Waals surface area (Å²) in [6.45, 7) is 2.85. The van der Waals surface area contributed by atoms with Gasteiger partial charge in [-0.3, -0.25) is 14.1 Å². The van der Waals surface area contributed by atoms with E-state index in [0.29, 0.717) is 12.0 Å². The van der Waals surface area contributed by atoms with Gasteiger partial charge in [0.2, 0.25) is 0 Å². The van der Waals surface area contributed by atoms with Crippen molar-refractivity contribution in [1.82, 2.24) is 4.90 Å². The molecule has 1 aliphatic carbocycles. The van der Waals surface area contributed by atoms with Gasteiger partial charge in [0.1, 0.15) is 0 Å². The van der Waals surface area contributed by atoms with Crippen molar-refractivity contribution < 1.29 is 13.9 Å². The SMILES string of the molecule is COC(=O)[C@H]1[C@@H](c2ccc(C)cc2)C[C@@H]2CC[C@H]1N2C[C@H]1C[C@@H]1CF.Cl. The van der Waals surface area contributed by atoms with Gasteiger partial charge < -0.3 is 4.74 Å². The molecule has 0 amide bonds. The molecule has 2 aliphatic heterocycles. The lowest BCUT2D eigenvalue weighted by molar-refractivity contribution is -0.150. The molecule has 1 aromatic rings. The first-order valence-corrected chi connectivity index (χ1v) is 9.58. The van der Waals surface area contributed by atoms with Crippen molar-refractivity contribution in [2.24, 2.45) is 17.8 Å². The van der Waals surface area contributed by atoms with Crippen LogP contribution in [0.4, 0.5) is 4.39 Å². The van der Waals surface area contributed by atoms with Crippen LogP contribution >= 0.6 is 12.4 Å². The first-order valence-electron chi connectivity index (χ1n) is 9.58. The van der Waals surface area contributed by atoms with Crippen LogP contribution in [-0.4, -0.2) is 43.3 Å². The number of carbonyl (C=O) groups excluding carboxylic acids is 1. The second-order valence-corrected chi connectivity index (χ2v) is 8.21.